The van der Waals surface area contributed by atoms with Gasteiger partial charge in [-0.05, 0) is 37.7 Å². The second kappa shape index (κ2) is 4.79. The molecule has 0 spiro atoms. The van der Waals surface area contributed by atoms with Crippen molar-refractivity contribution in [3.63, 3.8) is 0 Å². The lowest BCUT2D eigenvalue weighted by atomic mass is 9.71. The first-order valence-electron chi connectivity index (χ1n) is 5.31. The van der Waals surface area contributed by atoms with E-state index in [0.29, 0.717) is 5.92 Å². The Morgan fingerprint density at radius 2 is 1.87 bits per heavy atom. The molecule has 0 bridgehead atoms. The van der Waals surface area contributed by atoms with E-state index in [1.54, 1.807) is 6.08 Å². The van der Waals surface area contributed by atoms with Crippen LogP contribution in [0.2, 0.25) is 0 Å². The van der Waals surface area contributed by atoms with E-state index in [-0.39, 0.29) is 11.3 Å². The zero-order chi connectivity index (χ0) is 12.3. The van der Waals surface area contributed by atoms with Crippen LogP contribution in [0.15, 0.2) is 12.2 Å². The molecule has 1 unspecified atom stereocenters. The van der Waals surface area contributed by atoms with E-state index < -0.39 is 5.60 Å². The Bertz CT molecular complexity index is 249. The minimum atomic E-state index is -0.703. The summed E-state index contributed by atoms with van der Waals surface area (Å²) < 4.78 is 0. The first-order chi connectivity index (χ1) is 6.56. The van der Waals surface area contributed by atoms with E-state index in [4.69, 9.17) is 11.1 Å². The van der Waals surface area contributed by atoms with Crippen LogP contribution in [0.4, 0.5) is 0 Å². The molecule has 1 atom stereocenters. The lowest BCUT2D eigenvalue weighted by Gasteiger charge is -2.38. The number of allylic oxidation sites excluding steroid dienone is 1. The van der Waals surface area contributed by atoms with Crippen LogP contribution in [-0.4, -0.2) is 16.5 Å². The van der Waals surface area contributed by atoms with Crippen molar-refractivity contribution in [1.82, 2.24) is 0 Å². The van der Waals surface area contributed by atoms with Crippen LogP contribution in [0.5, 0.6) is 0 Å². The Labute approximate surface area is 92.9 Å². The molecule has 0 aromatic carbocycles. The Hall–Kier alpha value is -0.830. The van der Waals surface area contributed by atoms with Gasteiger partial charge in [-0.25, -0.2) is 0 Å². The van der Waals surface area contributed by atoms with Crippen LogP contribution < -0.4 is 5.73 Å². The van der Waals surface area contributed by atoms with E-state index >= 15 is 0 Å². The molecule has 0 aromatic heterocycles. The van der Waals surface area contributed by atoms with Crippen molar-refractivity contribution in [2.75, 3.05) is 0 Å². The third-order valence-corrected chi connectivity index (χ3v) is 3.09. The van der Waals surface area contributed by atoms with Gasteiger partial charge in [-0.1, -0.05) is 26.8 Å². The van der Waals surface area contributed by atoms with E-state index in [1.165, 1.54) is 0 Å². The number of hydrogen-bond donors (Lipinski definition) is 3. The molecule has 15 heavy (non-hydrogen) atoms. The highest BCUT2D eigenvalue weighted by atomic mass is 16.3. The Balaban J connectivity index is 4.41. The second-order valence-electron chi connectivity index (χ2n) is 5.44. The molecule has 0 aliphatic heterocycles. The monoisotopic (exact) mass is 212 g/mol. The van der Waals surface area contributed by atoms with Gasteiger partial charge in [0.2, 0.25) is 0 Å². The van der Waals surface area contributed by atoms with Gasteiger partial charge in [0.25, 0.3) is 0 Å². The highest BCUT2D eigenvalue weighted by Gasteiger charge is 2.35. The van der Waals surface area contributed by atoms with Gasteiger partial charge in [0.05, 0.1) is 5.60 Å². The molecule has 3 heteroatoms. The summed E-state index contributed by atoms with van der Waals surface area (Å²) in [5, 5.41) is 17.1. The Morgan fingerprint density at radius 1 is 1.40 bits per heavy atom. The van der Waals surface area contributed by atoms with Gasteiger partial charge >= 0.3 is 0 Å². The second-order valence-corrected chi connectivity index (χ2v) is 5.44. The molecule has 0 aromatic rings. The standard InChI is InChI=1S/C12H24N2O/c1-9(6-7-10(13)14)8-11(2,3)12(4,5)15/h6-7,9,15H,8H2,1-5H3,(H3,13,14)/b7-6-. The zero-order valence-electron chi connectivity index (χ0n) is 10.5. The summed E-state index contributed by atoms with van der Waals surface area (Å²) in [4.78, 5) is 0. The topological polar surface area (TPSA) is 70.1 Å². The first-order valence-corrected chi connectivity index (χ1v) is 5.31. The van der Waals surface area contributed by atoms with E-state index in [9.17, 15) is 5.11 Å². The maximum atomic E-state index is 9.98. The van der Waals surface area contributed by atoms with Gasteiger partial charge in [0.15, 0.2) is 0 Å². The fourth-order valence-electron chi connectivity index (χ4n) is 1.39. The van der Waals surface area contributed by atoms with Gasteiger partial charge in [0, 0.05) is 0 Å². The summed E-state index contributed by atoms with van der Waals surface area (Å²) >= 11 is 0. The fourth-order valence-corrected chi connectivity index (χ4v) is 1.39. The smallest absolute Gasteiger partial charge is 0.114 e. The van der Waals surface area contributed by atoms with E-state index in [0.717, 1.165) is 6.42 Å². The number of aliphatic hydroxyl groups is 1. The van der Waals surface area contributed by atoms with Crippen molar-refractivity contribution >= 4 is 5.84 Å². The SMILES string of the molecule is CC(/C=C\C(=N)N)CC(C)(C)C(C)(C)O. The molecule has 0 saturated heterocycles. The molecular formula is C12H24N2O. The lowest BCUT2D eigenvalue weighted by Crippen LogP contribution is -2.39. The Morgan fingerprint density at radius 3 is 2.20 bits per heavy atom. The molecule has 0 amide bonds. The van der Waals surface area contributed by atoms with Crippen molar-refractivity contribution in [2.24, 2.45) is 17.1 Å². The van der Waals surface area contributed by atoms with Crippen molar-refractivity contribution in [2.45, 2.75) is 46.6 Å². The summed E-state index contributed by atoms with van der Waals surface area (Å²) in [5.41, 5.74) is 4.38. The van der Waals surface area contributed by atoms with Gasteiger partial charge in [-0.15, -0.1) is 0 Å². The average molecular weight is 212 g/mol. The summed E-state index contributed by atoms with van der Waals surface area (Å²) in [6, 6.07) is 0. The van der Waals surface area contributed by atoms with Crippen LogP contribution >= 0.6 is 0 Å². The fraction of sp³-hybridized carbons (Fsp3) is 0.750. The summed E-state index contributed by atoms with van der Waals surface area (Å²) in [5.74, 6) is 0.373. The maximum Gasteiger partial charge on any atom is 0.114 e. The van der Waals surface area contributed by atoms with Crippen LogP contribution in [0, 0.1) is 16.7 Å². The van der Waals surface area contributed by atoms with Crippen LogP contribution in [0.25, 0.3) is 0 Å². The third-order valence-electron chi connectivity index (χ3n) is 3.09. The quantitative estimate of drug-likeness (QED) is 0.483. The number of amidine groups is 1. The summed E-state index contributed by atoms with van der Waals surface area (Å²) in [6.45, 7) is 9.81. The molecular weight excluding hydrogens is 188 g/mol. The first kappa shape index (κ1) is 14.2. The highest BCUT2D eigenvalue weighted by molar-refractivity contribution is 5.88. The molecule has 88 valence electrons. The molecule has 0 radical (unpaired) electrons. The van der Waals surface area contributed by atoms with Crippen molar-refractivity contribution in [1.29, 1.82) is 5.41 Å². The Kier molecular flexibility index (Phi) is 4.53. The molecule has 0 rings (SSSR count). The van der Waals surface area contributed by atoms with E-state index in [1.807, 2.05) is 33.8 Å². The van der Waals surface area contributed by atoms with Crippen LogP contribution in [-0.2, 0) is 0 Å². The zero-order valence-corrected chi connectivity index (χ0v) is 10.5. The van der Waals surface area contributed by atoms with Crippen LogP contribution in [0.1, 0.15) is 41.0 Å². The number of hydrogen-bond acceptors (Lipinski definition) is 2. The lowest BCUT2D eigenvalue weighted by molar-refractivity contribution is -0.0438. The predicted octanol–water partition coefficient (Wildman–Crippen LogP) is 2.30. The number of nitrogens with one attached hydrogen (secondary N) is 1. The van der Waals surface area contributed by atoms with Crippen LogP contribution in [0.3, 0.4) is 0 Å². The summed E-state index contributed by atoms with van der Waals surface area (Å²) in [6.07, 6.45) is 4.38. The minimum absolute atomic E-state index is 0.0721. The number of nitrogens with two attached hydrogens (primary N) is 1. The molecule has 0 aliphatic rings. The van der Waals surface area contributed by atoms with Gasteiger partial charge < -0.3 is 10.8 Å². The summed E-state index contributed by atoms with van der Waals surface area (Å²) in [7, 11) is 0. The predicted molar refractivity (Wildman–Crippen MR) is 64.9 cm³/mol. The van der Waals surface area contributed by atoms with Gasteiger partial charge in [-0.3, -0.25) is 5.41 Å². The number of rotatable bonds is 5. The van der Waals surface area contributed by atoms with Crippen molar-refractivity contribution < 1.29 is 5.11 Å². The molecule has 0 fully saturated rings. The van der Waals surface area contributed by atoms with Gasteiger partial charge in [-0.2, -0.15) is 0 Å². The van der Waals surface area contributed by atoms with Crippen molar-refractivity contribution in [3.05, 3.63) is 12.2 Å². The molecule has 3 nitrogen and oxygen atoms in total. The minimum Gasteiger partial charge on any atom is -0.390 e. The molecule has 0 aliphatic carbocycles. The largest absolute Gasteiger partial charge is 0.390 e. The van der Waals surface area contributed by atoms with E-state index in [2.05, 4.69) is 6.92 Å². The molecule has 0 heterocycles. The van der Waals surface area contributed by atoms with Gasteiger partial charge in [0.1, 0.15) is 5.84 Å². The highest BCUT2D eigenvalue weighted by Crippen LogP contribution is 2.36. The average Bonchev–Trinajstić information content (AvgIpc) is 1.97. The molecule has 0 saturated carbocycles. The normalized spacial score (nSPS) is 15.6. The third kappa shape index (κ3) is 4.98. The molecule has 4 N–H and O–H groups in total. The van der Waals surface area contributed by atoms with Crippen molar-refractivity contribution in [3.8, 4) is 0 Å². The maximum absolute atomic E-state index is 9.98.